The van der Waals surface area contributed by atoms with Crippen molar-refractivity contribution in [2.24, 2.45) is 0 Å². The number of aromatic amines is 1. The van der Waals surface area contributed by atoms with Crippen molar-refractivity contribution in [2.75, 3.05) is 31.1 Å². The van der Waals surface area contributed by atoms with Gasteiger partial charge in [0.15, 0.2) is 11.5 Å². The number of nitrogens with one attached hydrogen (secondary N) is 1. The second-order valence-corrected chi connectivity index (χ2v) is 6.44. The number of fused-ring (bicyclic) bond motifs is 1. The summed E-state index contributed by atoms with van der Waals surface area (Å²) in [6.07, 6.45) is 6.68. The number of amides is 1. The first-order chi connectivity index (χ1) is 11.8. The third-order valence-corrected chi connectivity index (χ3v) is 4.86. The van der Waals surface area contributed by atoms with Crippen molar-refractivity contribution in [3.63, 3.8) is 0 Å². The van der Waals surface area contributed by atoms with Crippen molar-refractivity contribution in [3.05, 3.63) is 41.1 Å². The fraction of sp³-hybridized carbons (Fsp3) is 0.250. The zero-order chi connectivity index (χ0) is 16.4. The fourth-order valence-corrected chi connectivity index (χ4v) is 3.39. The molecule has 7 nitrogen and oxygen atoms in total. The van der Waals surface area contributed by atoms with Crippen LogP contribution in [0.15, 0.2) is 36.2 Å². The summed E-state index contributed by atoms with van der Waals surface area (Å²) in [7, 11) is 0. The van der Waals surface area contributed by atoms with Gasteiger partial charge in [0, 0.05) is 37.1 Å². The number of hydrogen-bond acceptors (Lipinski definition) is 6. The van der Waals surface area contributed by atoms with Gasteiger partial charge in [-0.25, -0.2) is 15.0 Å². The standard InChI is InChI=1S/C16H16N6OS/c23-13(4-3-12-2-1-9-24-12)21-5-7-22(8-6-21)16-14-15(18-10-17-14)19-11-20-16/h1-4,9-11H,5-8H2,(H,17,18,19,20)/b4-3+. The first kappa shape index (κ1) is 14.8. The van der Waals surface area contributed by atoms with Gasteiger partial charge in [-0.05, 0) is 17.5 Å². The molecule has 122 valence electrons. The van der Waals surface area contributed by atoms with Crippen molar-refractivity contribution >= 4 is 40.3 Å². The monoisotopic (exact) mass is 340 g/mol. The first-order valence-corrected chi connectivity index (χ1v) is 8.59. The van der Waals surface area contributed by atoms with Crippen LogP contribution in [0.2, 0.25) is 0 Å². The molecule has 4 heterocycles. The Hall–Kier alpha value is -2.74. The smallest absolute Gasteiger partial charge is 0.246 e. The molecule has 0 aliphatic carbocycles. The highest BCUT2D eigenvalue weighted by Gasteiger charge is 2.22. The minimum atomic E-state index is 0.0532. The second-order valence-electron chi connectivity index (χ2n) is 5.46. The normalized spacial score (nSPS) is 15.5. The van der Waals surface area contributed by atoms with Gasteiger partial charge < -0.3 is 14.8 Å². The van der Waals surface area contributed by atoms with Gasteiger partial charge in [0.25, 0.3) is 0 Å². The predicted molar refractivity (Wildman–Crippen MR) is 93.8 cm³/mol. The van der Waals surface area contributed by atoms with Crippen LogP contribution >= 0.6 is 11.3 Å². The molecule has 1 N–H and O–H groups in total. The molecule has 0 radical (unpaired) electrons. The molecule has 1 amide bonds. The number of piperazine rings is 1. The predicted octanol–water partition coefficient (Wildman–Crippen LogP) is 1.78. The number of thiophene rings is 1. The van der Waals surface area contributed by atoms with Crippen LogP contribution in [0.3, 0.4) is 0 Å². The van der Waals surface area contributed by atoms with Gasteiger partial charge >= 0.3 is 0 Å². The molecule has 1 aliphatic rings. The van der Waals surface area contributed by atoms with E-state index in [1.165, 1.54) is 6.33 Å². The summed E-state index contributed by atoms with van der Waals surface area (Å²) >= 11 is 1.62. The average Bonchev–Trinajstić information content (AvgIpc) is 3.31. The largest absolute Gasteiger partial charge is 0.351 e. The molecule has 24 heavy (non-hydrogen) atoms. The number of anilines is 1. The Balaban J connectivity index is 1.41. The highest BCUT2D eigenvalue weighted by atomic mass is 32.1. The lowest BCUT2D eigenvalue weighted by Gasteiger charge is -2.34. The van der Waals surface area contributed by atoms with E-state index in [-0.39, 0.29) is 5.91 Å². The summed E-state index contributed by atoms with van der Waals surface area (Å²) in [4.78, 5) is 33.2. The number of nitrogens with zero attached hydrogens (tertiary/aromatic N) is 5. The van der Waals surface area contributed by atoms with Crippen molar-refractivity contribution in [2.45, 2.75) is 0 Å². The van der Waals surface area contributed by atoms with E-state index in [2.05, 4.69) is 24.8 Å². The summed E-state index contributed by atoms with van der Waals surface area (Å²) in [5.74, 6) is 0.899. The van der Waals surface area contributed by atoms with E-state index >= 15 is 0 Å². The van der Waals surface area contributed by atoms with Crippen molar-refractivity contribution in [3.8, 4) is 0 Å². The summed E-state index contributed by atoms with van der Waals surface area (Å²) in [5, 5.41) is 2.00. The molecule has 1 fully saturated rings. The maximum absolute atomic E-state index is 12.3. The SMILES string of the molecule is O=C(/C=C/c1cccs1)N1CCN(c2ncnc3nc[nH]c23)CC1. The van der Waals surface area contributed by atoms with E-state index in [1.54, 1.807) is 23.7 Å². The van der Waals surface area contributed by atoms with Crippen LogP contribution < -0.4 is 4.90 Å². The van der Waals surface area contributed by atoms with Crippen LogP contribution in [0, 0.1) is 0 Å². The highest BCUT2D eigenvalue weighted by Crippen LogP contribution is 2.21. The highest BCUT2D eigenvalue weighted by molar-refractivity contribution is 7.10. The van der Waals surface area contributed by atoms with Crippen LogP contribution in [0.25, 0.3) is 17.2 Å². The fourth-order valence-electron chi connectivity index (χ4n) is 2.78. The van der Waals surface area contributed by atoms with Gasteiger partial charge in [-0.2, -0.15) is 0 Å². The van der Waals surface area contributed by atoms with E-state index in [0.29, 0.717) is 18.7 Å². The second kappa shape index (κ2) is 6.40. The lowest BCUT2D eigenvalue weighted by atomic mass is 10.3. The van der Waals surface area contributed by atoms with Gasteiger partial charge in [-0.3, -0.25) is 4.79 Å². The van der Waals surface area contributed by atoms with E-state index in [4.69, 9.17) is 0 Å². The maximum atomic E-state index is 12.3. The van der Waals surface area contributed by atoms with Crippen molar-refractivity contribution < 1.29 is 4.79 Å². The molecule has 0 atom stereocenters. The van der Waals surface area contributed by atoms with Gasteiger partial charge in [-0.1, -0.05) is 6.07 Å². The molecule has 8 heteroatoms. The van der Waals surface area contributed by atoms with Gasteiger partial charge in [-0.15, -0.1) is 11.3 Å². The number of carbonyl (C=O) groups excluding carboxylic acids is 1. The topological polar surface area (TPSA) is 78.0 Å². The number of H-pyrrole nitrogens is 1. The number of carbonyl (C=O) groups is 1. The molecule has 4 rings (SSSR count). The van der Waals surface area contributed by atoms with Crippen LogP contribution in [-0.4, -0.2) is 56.9 Å². The van der Waals surface area contributed by atoms with Gasteiger partial charge in [0.2, 0.25) is 5.91 Å². The Morgan fingerprint density at radius 3 is 2.88 bits per heavy atom. The Labute approximate surface area is 142 Å². The van der Waals surface area contributed by atoms with E-state index < -0.39 is 0 Å². The molecule has 0 spiro atoms. The third-order valence-electron chi connectivity index (χ3n) is 4.03. The zero-order valence-electron chi connectivity index (χ0n) is 12.9. The van der Waals surface area contributed by atoms with E-state index in [1.807, 2.05) is 28.5 Å². The maximum Gasteiger partial charge on any atom is 0.246 e. The Kier molecular flexibility index (Phi) is 3.96. The molecule has 0 unspecified atom stereocenters. The van der Waals surface area contributed by atoms with Crippen molar-refractivity contribution in [1.29, 1.82) is 0 Å². The summed E-state index contributed by atoms with van der Waals surface area (Å²) < 4.78 is 0. The van der Waals surface area contributed by atoms with Crippen LogP contribution in [0.5, 0.6) is 0 Å². The van der Waals surface area contributed by atoms with Crippen molar-refractivity contribution in [1.82, 2.24) is 24.8 Å². The molecule has 0 saturated carbocycles. The van der Waals surface area contributed by atoms with E-state index in [9.17, 15) is 4.79 Å². The van der Waals surface area contributed by atoms with Crippen LogP contribution in [0.1, 0.15) is 4.88 Å². The number of rotatable bonds is 3. The first-order valence-electron chi connectivity index (χ1n) is 7.71. The molecule has 1 saturated heterocycles. The zero-order valence-corrected chi connectivity index (χ0v) is 13.7. The minimum absolute atomic E-state index is 0.0532. The number of imidazole rings is 1. The molecule has 3 aromatic heterocycles. The summed E-state index contributed by atoms with van der Waals surface area (Å²) in [6, 6.07) is 3.97. The average molecular weight is 340 g/mol. The third kappa shape index (κ3) is 2.88. The summed E-state index contributed by atoms with van der Waals surface area (Å²) in [6.45, 7) is 2.83. The Morgan fingerprint density at radius 1 is 1.21 bits per heavy atom. The molecule has 1 aliphatic heterocycles. The number of hydrogen-bond donors (Lipinski definition) is 1. The molecular weight excluding hydrogens is 324 g/mol. The van der Waals surface area contributed by atoms with Crippen LogP contribution in [-0.2, 0) is 4.79 Å². The molecule has 0 aromatic carbocycles. The quantitative estimate of drug-likeness (QED) is 0.735. The summed E-state index contributed by atoms with van der Waals surface area (Å²) in [5.41, 5.74) is 1.51. The van der Waals surface area contributed by atoms with E-state index in [0.717, 1.165) is 29.3 Å². The van der Waals surface area contributed by atoms with Gasteiger partial charge in [0.05, 0.1) is 6.33 Å². The molecule has 3 aromatic rings. The Morgan fingerprint density at radius 2 is 2.08 bits per heavy atom. The minimum Gasteiger partial charge on any atom is -0.351 e. The lowest BCUT2D eigenvalue weighted by molar-refractivity contribution is -0.126. The number of aromatic nitrogens is 4. The van der Waals surface area contributed by atoms with Crippen LogP contribution in [0.4, 0.5) is 5.82 Å². The lowest BCUT2D eigenvalue weighted by Crippen LogP contribution is -2.48. The molecule has 0 bridgehead atoms. The Bertz CT molecular complexity index is 864. The van der Waals surface area contributed by atoms with Gasteiger partial charge in [0.1, 0.15) is 11.8 Å². The molecular formula is C16H16N6OS.